The summed E-state index contributed by atoms with van der Waals surface area (Å²) in [6.45, 7) is -0.208. The van der Waals surface area contributed by atoms with E-state index in [9.17, 15) is 8.78 Å². The molecule has 0 atom stereocenters. The number of pyridine rings is 1. The molecule has 0 spiro atoms. The topological polar surface area (TPSA) is 37.0 Å². The van der Waals surface area contributed by atoms with Gasteiger partial charge in [-0.25, -0.2) is 13.8 Å². The van der Waals surface area contributed by atoms with Crippen LogP contribution in [-0.4, -0.2) is 30.0 Å². The van der Waals surface area contributed by atoms with E-state index in [4.69, 9.17) is 11.6 Å². The maximum atomic E-state index is 12.1. The molecule has 1 aromatic rings. The zero-order chi connectivity index (χ0) is 14.5. The molecule has 112 valence electrons. The summed E-state index contributed by atoms with van der Waals surface area (Å²) in [6, 6.07) is 2.40. The van der Waals surface area contributed by atoms with Gasteiger partial charge in [0.25, 0.3) is 6.43 Å². The summed E-state index contributed by atoms with van der Waals surface area (Å²) in [5.41, 5.74) is 0.995. The second-order valence-corrected chi connectivity index (χ2v) is 6.53. The monoisotopic (exact) mass is 415 g/mol. The van der Waals surface area contributed by atoms with Crippen LogP contribution in [0.2, 0.25) is 5.15 Å². The highest BCUT2D eigenvalue weighted by molar-refractivity contribution is 14.1. The summed E-state index contributed by atoms with van der Waals surface area (Å²) in [4.78, 5) is 4.02. The van der Waals surface area contributed by atoms with Crippen LogP contribution < -0.4 is 10.6 Å². The Kier molecular flexibility index (Phi) is 6.22. The Balaban J connectivity index is 1.81. The van der Waals surface area contributed by atoms with E-state index in [1.54, 1.807) is 6.20 Å². The van der Waals surface area contributed by atoms with Crippen molar-refractivity contribution in [1.82, 2.24) is 10.3 Å². The summed E-state index contributed by atoms with van der Waals surface area (Å²) in [7, 11) is 0. The first kappa shape index (κ1) is 16.2. The maximum Gasteiger partial charge on any atom is 0.250 e. The third-order valence-electron chi connectivity index (χ3n) is 3.47. The SMILES string of the molecule is FC(F)CNC1CCC(Nc2cc(Cl)ncc2I)CC1. The molecule has 2 rings (SSSR count). The first-order valence-corrected chi connectivity index (χ1v) is 8.09. The Bertz CT molecular complexity index is 440. The van der Waals surface area contributed by atoms with Crippen molar-refractivity contribution in [3.63, 3.8) is 0 Å². The largest absolute Gasteiger partial charge is 0.381 e. The Labute approximate surface area is 136 Å². The molecular formula is C13H17ClF2IN3. The molecule has 0 unspecified atom stereocenters. The lowest BCUT2D eigenvalue weighted by atomic mass is 9.91. The summed E-state index contributed by atoms with van der Waals surface area (Å²) < 4.78 is 25.3. The molecule has 0 bridgehead atoms. The normalized spacial score (nSPS) is 23.1. The first-order valence-electron chi connectivity index (χ1n) is 6.63. The fourth-order valence-electron chi connectivity index (χ4n) is 2.44. The Hall–Kier alpha value is -0.210. The van der Waals surface area contributed by atoms with E-state index in [1.165, 1.54) is 0 Å². The molecule has 1 saturated carbocycles. The number of hydrogen-bond donors (Lipinski definition) is 2. The second-order valence-electron chi connectivity index (χ2n) is 4.98. The van der Waals surface area contributed by atoms with Crippen LogP contribution in [0.5, 0.6) is 0 Å². The number of nitrogens with zero attached hydrogens (tertiary/aromatic N) is 1. The summed E-state index contributed by atoms with van der Waals surface area (Å²) in [5.74, 6) is 0. The van der Waals surface area contributed by atoms with E-state index in [-0.39, 0.29) is 12.6 Å². The highest BCUT2D eigenvalue weighted by atomic mass is 127. The minimum absolute atomic E-state index is 0.208. The fraction of sp³-hybridized carbons (Fsp3) is 0.615. The molecule has 1 heterocycles. The number of aromatic nitrogens is 1. The van der Waals surface area contributed by atoms with Crippen molar-refractivity contribution >= 4 is 39.9 Å². The van der Waals surface area contributed by atoms with E-state index in [0.29, 0.717) is 11.2 Å². The van der Waals surface area contributed by atoms with E-state index in [1.807, 2.05) is 6.07 Å². The zero-order valence-corrected chi connectivity index (χ0v) is 13.8. The fourth-order valence-corrected chi connectivity index (χ4v) is 3.05. The van der Waals surface area contributed by atoms with Gasteiger partial charge in [-0.3, -0.25) is 0 Å². The predicted molar refractivity (Wildman–Crippen MR) is 85.6 cm³/mol. The van der Waals surface area contributed by atoms with Crippen molar-refractivity contribution in [1.29, 1.82) is 0 Å². The lowest BCUT2D eigenvalue weighted by Gasteiger charge is -2.30. The van der Waals surface area contributed by atoms with Crippen molar-refractivity contribution in [2.75, 3.05) is 11.9 Å². The van der Waals surface area contributed by atoms with Gasteiger partial charge in [0, 0.05) is 18.3 Å². The Morgan fingerprint density at radius 3 is 2.60 bits per heavy atom. The van der Waals surface area contributed by atoms with Crippen LogP contribution in [0.15, 0.2) is 12.3 Å². The van der Waals surface area contributed by atoms with Gasteiger partial charge in [-0.05, 0) is 54.3 Å². The third-order valence-corrected chi connectivity index (χ3v) is 4.54. The molecule has 0 saturated heterocycles. The van der Waals surface area contributed by atoms with Crippen molar-refractivity contribution in [2.45, 2.75) is 44.2 Å². The van der Waals surface area contributed by atoms with Gasteiger partial charge in [0.15, 0.2) is 0 Å². The van der Waals surface area contributed by atoms with Gasteiger partial charge in [0.05, 0.1) is 15.8 Å². The van der Waals surface area contributed by atoms with Crippen molar-refractivity contribution in [2.24, 2.45) is 0 Å². The van der Waals surface area contributed by atoms with Gasteiger partial charge in [0.2, 0.25) is 0 Å². The van der Waals surface area contributed by atoms with Gasteiger partial charge in [-0.2, -0.15) is 0 Å². The number of hydrogen-bond acceptors (Lipinski definition) is 3. The highest BCUT2D eigenvalue weighted by Gasteiger charge is 2.22. The van der Waals surface area contributed by atoms with Crippen molar-refractivity contribution < 1.29 is 8.78 Å². The number of alkyl halides is 2. The summed E-state index contributed by atoms with van der Waals surface area (Å²) in [6.07, 6.45) is 3.24. The molecule has 2 N–H and O–H groups in total. The maximum absolute atomic E-state index is 12.1. The van der Waals surface area contributed by atoms with Gasteiger partial charge in [0.1, 0.15) is 5.15 Å². The Morgan fingerprint density at radius 2 is 1.95 bits per heavy atom. The molecule has 20 heavy (non-hydrogen) atoms. The summed E-state index contributed by atoms with van der Waals surface area (Å²) >= 11 is 8.11. The van der Waals surface area contributed by atoms with E-state index in [0.717, 1.165) is 34.9 Å². The quantitative estimate of drug-likeness (QED) is 0.565. The average Bonchev–Trinajstić information content (AvgIpc) is 2.42. The first-order chi connectivity index (χ1) is 9.54. The van der Waals surface area contributed by atoms with Crippen LogP contribution in [0.1, 0.15) is 25.7 Å². The zero-order valence-electron chi connectivity index (χ0n) is 10.9. The van der Waals surface area contributed by atoms with Crippen molar-refractivity contribution in [3.05, 3.63) is 21.0 Å². The molecule has 3 nitrogen and oxygen atoms in total. The number of anilines is 1. The Morgan fingerprint density at radius 1 is 1.30 bits per heavy atom. The van der Waals surface area contributed by atoms with Gasteiger partial charge >= 0.3 is 0 Å². The van der Waals surface area contributed by atoms with Gasteiger partial charge < -0.3 is 10.6 Å². The van der Waals surface area contributed by atoms with Crippen LogP contribution in [0.4, 0.5) is 14.5 Å². The van der Waals surface area contributed by atoms with E-state index >= 15 is 0 Å². The number of halogens is 4. The summed E-state index contributed by atoms with van der Waals surface area (Å²) in [5, 5.41) is 6.86. The standard InChI is InChI=1S/C13H17ClF2IN3/c14-12-5-11(10(17)6-19-12)20-9-3-1-8(2-4-9)18-7-13(15)16/h5-6,8-9,13,18H,1-4,7H2,(H,19,20). The number of nitrogens with one attached hydrogen (secondary N) is 2. The van der Waals surface area contributed by atoms with Gasteiger partial charge in [-0.15, -0.1) is 0 Å². The second kappa shape index (κ2) is 7.70. The molecule has 0 aromatic carbocycles. The van der Waals surface area contributed by atoms with Gasteiger partial charge in [-0.1, -0.05) is 11.6 Å². The molecule has 0 radical (unpaired) electrons. The molecule has 7 heteroatoms. The molecule has 1 aliphatic rings. The smallest absolute Gasteiger partial charge is 0.250 e. The van der Waals surface area contributed by atoms with Crippen LogP contribution in [-0.2, 0) is 0 Å². The van der Waals surface area contributed by atoms with E-state index in [2.05, 4.69) is 38.2 Å². The molecular weight excluding hydrogens is 399 g/mol. The third kappa shape index (κ3) is 4.96. The lowest BCUT2D eigenvalue weighted by Crippen LogP contribution is -2.39. The molecule has 1 aromatic heterocycles. The molecule has 0 aliphatic heterocycles. The minimum atomic E-state index is -2.27. The van der Waals surface area contributed by atoms with Crippen LogP contribution in [0.3, 0.4) is 0 Å². The van der Waals surface area contributed by atoms with E-state index < -0.39 is 6.43 Å². The average molecular weight is 416 g/mol. The molecule has 1 aliphatic carbocycles. The minimum Gasteiger partial charge on any atom is -0.381 e. The van der Waals surface area contributed by atoms with Crippen LogP contribution >= 0.6 is 34.2 Å². The molecule has 0 amide bonds. The predicted octanol–water partition coefficient (Wildman–Crippen LogP) is 3.92. The van der Waals surface area contributed by atoms with Crippen LogP contribution in [0.25, 0.3) is 0 Å². The number of rotatable bonds is 5. The molecule has 1 fully saturated rings. The van der Waals surface area contributed by atoms with Crippen LogP contribution in [0, 0.1) is 3.57 Å². The highest BCUT2D eigenvalue weighted by Crippen LogP contribution is 2.26. The lowest BCUT2D eigenvalue weighted by molar-refractivity contribution is 0.137. The van der Waals surface area contributed by atoms with Crippen molar-refractivity contribution in [3.8, 4) is 0 Å².